The smallest absolute Gasteiger partial charge is 0.268 e. The summed E-state index contributed by atoms with van der Waals surface area (Å²) in [6.07, 6.45) is -0.756. The summed E-state index contributed by atoms with van der Waals surface area (Å²) >= 11 is 7.49. The van der Waals surface area contributed by atoms with Crippen molar-refractivity contribution in [2.24, 2.45) is 0 Å². The Morgan fingerprint density at radius 3 is 2.67 bits per heavy atom. The summed E-state index contributed by atoms with van der Waals surface area (Å²) in [5.41, 5.74) is 1.35. The number of hydrogen-bond donors (Lipinski definition) is 0. The third-order valence-electron chi connectivity index (χ3n) is 3.85. The van der Waals surface area contributed by atoms with Crippen LogP contribution in [0.5, 0.6) is 5.75 Å². The van der Waals surface area contributed by atoms with Crippen LogP contribution in [-0.4, -0.2) is 17.0 Å². The van der Waals surface area contributed by atoms with Gasteiger partial charge in [0.1, 0.15) is 11.6 Å². The first-order chi connectivity index (χ1) is 12.9. The van der Waals surface area contributed by atoms with Crippen molar-refractivity contribution in [1.29, 1.82) is 0 Å². The molecule has 1 atom stereocenters. The number of halogens is 2. The fourth-order valence-electron chi connectivity index (χ4n) is 2.57. The molecule has 1 unspecified atom stereocenters. The first-order valence-electron chi connectivity index (χ1n) is 8.32. The van der Waals surface area contributed by atoms with Gasteiger partial charge in [-0.3, -0.25) is 4.79 Å². The predicted octanol–water partition coefficient (Wildman–Crippen LogP) is 5.24. The van der Waals surface area contributed by atoms with E-state index >= 15 is 0 Å². The zero-order valence-corrected chi connectivity index (χ0v) is 16.4. The summed E-state index contributed by atoms with van der Waals surface area (Å²) in [5.74, 6) is -0.113. The Bertz CT molecular complexity index is 930. The third kappa shape index (κ3) is 5.05. The number of carbonyl (C=O) groups is 1. The first-order valence-corrected chi connectivity index (χ1v) is 9.58. The molecule has 0 aliphatic rings. The van der Waals surface area contributed by atoms with Crippen molar-refractivity contribution in [2.75, 3.05) is 4.90 Å². The topological polar surface area (TPSA) is 42.4 Å². The van der Waals surface area contributed by atoms with Gasteiger partial charge in [0.05, 0.1) is 17.2 Å². The van der Waals surface area contributed by atoms with E-state index in [2.05, 4.69) is 4.98 Å². The molecule has 3 aromatic rings. The minimum Gasteiger partial charge on any atom is -0.481 e. The number of rotatable bonds is 6. The highest BCUT2D eigenvalue weighted by atomic mass is 35.5. The molecule has 0 saturated carbocycles. The molecule has 0 N–H and O–H groups in total. The normalized spacial score (nSPS) is 11.9. The number of ether oxygens (including phenoxy) is 1. The molecule has 0 fully saturated rings. The molecule has 1 heterocycles. The summed E-state index contributed by atoms with van der Waals surface area (Å²) in [6, 6.07) is 12.7. The van der Waals surface area contributed by atoms with Crippen LogP contribution in [0.1, 0.15) is 17.6 Å². The van der Waals surface area contributed by atoms with Gasteiger partial charge < -0.3 is 9.64 Å². The predicted molar refractivity (Wildman–Crippen MR) is 106 cm³/mol. The molecule has 140 valence electrons. The van der Waals surface area contributed by atoms with Gasteiger partial charge in [0, 0.05) is 16.1 Å². The number of hydrogen-bond acceptors (Lipinski definition) is 4. The minimum absolute atomic E-state index is 0.257. The second kappa shape index (κ2) is 8.50. The van der Waals surface area contributed by atoms with Gasteiger partial charge in [-0.1, -0.05) is 17.7 Å². The van der Waals surface area contributed by atoms with Crippen molar-refractivity contribution in [3.05, 3.63) is 75.5 Å². The minimum atomic E-state index is -0.756. The second-order valence-corrected chi connectivity index (χ2v) is 7.47. The van der Waals surface area contributed by atoms with E-state index in [4.69, 9.17) is 16.3 Å². The average molecular weight is 405 g/mol. The van der Waals surface area contributed by atoms with Gasteiger partial charge in [-0.25, -0.2) is 9.37 Å². The number of benzene rings is 2. The number of thiazole rings is 1. The first kappa shape index (κ1) is 19.3. The van der Waals surface area contributed by atoms with Crippen molar-refractivity contribution in [1.82, 2.24) is 4.98 Å². The molecule has 3 rings (SSSR count). The molecule has 2 aromatic carbocycles. The Morgan fingerprint density at radius 2 is 2.04 bits per heavy atom. The van der Waals surface area contributed by atoms with E-state index in [0.717, 1.165) is 10.7 Å². The SMILES string of the molecule is Cc1nc(CN(C(=O)C(C)Oc2cccc(Cl)c2)c2ccc(F)cc2)cs1. The molecule has 0 saturated heterocycles. The quantitative estimate of drug-likeness (QED) is 0.563. The molecule has 27 heavy (non-hydrogen) atoms. The van der Waals surface area contributed by atoms with Crippen molar-refractivity contribution >= 4 is 34.5 Å². The van der Waals surface area contributed by atoms with Crippen LogP contribution < -0.4 is 9.64 Å². The van der Waals surface area contributed by atoms with Gasteiger partial charge in [-0.2, -0.15) is 0 Å². The highest BCUT2D eigenvalue weighted by Crippen LogP contribution is 2.23. The van der Waals surface area contributed by atoms with Crippen LogP contribution in [0.4, 0.5) is 10.1 Å². The van der Waals surface area contributed by atoms with Crippen LogP contribution in [0.2, 0.25) is 5.02 Å². The fourth-order valence-corrected chi connectivity index (χ4v) is 3.36. The number of aryl methyl sites for hydroxylation is 1. The number of nitrogens with zero attached hydrogens (tertiary/aromatic N) is 2. The third-order valence-corrected chi connectivity index (χ3v) is 4.91. The van der Waals surface area contributed by atoms with Gasteiger partial charge in [0.25, 0.3) is 5.91 Å². The molecular weight excluding hydrogens is 387 g/mol. The molecule has 0 aliphatic carbocycles. The van der Waals surface area contributed by atoms with E-state index in [1.165, 1.54) is 23.5 Å². The Balaban J connectivity index is 1.83. The Kier molecular flexibility index (Phi) is 6.08. The lowest BCUT2D eigenvalue weighted by Crippen LogP contribution is -2.40. The van der Waals surface area contributed by atoms with Crippen LogP contribution >= 0.6 is 22.9 Å². The van der Waals surface area contributed by atoms with Crippen molar-refractivity contribution in [3.8, 4) is 5.75 Å². The van der Waals surface area contributed by atoms with E-state index < -0.39 is 6.10 Å². The molecule has 1 amide bonds. The molecule has 0 bridgehead atoms. The molecule has 4 nitrogen and oxygen atoms in total. The maximum absolute atomic E-state index is 13.3. The monoisotopic (exact) mass is 404 g/mol. The van der Waals surface area contributed by atoms with Crippen molar-refractivity contribution in [2.45, 2.75) is 26.5 Å². The summed E-state index contributed by atoms with van der Waals surface area (Å²) in [6.45, 7) is 3.85. The summed E-state index contributed by atoms with van der Waals surface area (Å²) in [4.78, 5) is 19.0. The summed E-state index contributed by atoms with van der Waals surface area (Å²) < 4.78 is 19.1. The van der Waals surface area contributed by atoms with E-state index in [9.17, 15) is 9.18 Å². The number of aromatic nitrogens is 1. The Morgan fingerprint density at radius 1 is 1.30 bits per heavy atom. The van der Waals surface area contributed by atoms with Crippen molar-refractivity contribution in [3.63, 3.8) is 0 Å². The molecule has 0 radical (unpaired) electrons. The molecule has 1 aromatic heterocycles. The molecule has 0 spiro atoms. The van der Waals surface area contributed by atoms with E-state index in [1.807, 2.05) is 12.3 Å². The van der Waals surface area contributed by atoms with Crippen molar-refractivity contribution < 1.29 is 13.9 Å². The standard InChI is InChI=1S/C20H18ClFN2O2S/c1-13(26-19-5-3-4-15(21)10-19)20(25)24(11-17-12-27-14(2)23-17)18-8-6-16(22)7-9-18/h3-10,12-13H,11H2,1-2H3. The maximum atomic E-state index is 13.3. The largest absolute Gasteiger partial charge is 0.481 e. The lowest BCUT2D eigenvalue weighted by Gasteiger charge is -2.25. The Hall–Kier alpha value is -2.44. The highest BCUT2D eigenvalue weighted by molar-refractivity contribution is 7.09. The van der Waals surface area contributed by atoms with Crippen LogP contribution in [0.3, 0.4) is 0 Å². The molecule has 7 heteroatoms. The average Bonchev–Trinajstić information content (AvgIpc) is 3.05. The number of carbonyl (C=O) groups excluding carboxylic acids is 1. The molecular formula is C20H18ClFN2O2S. The van der Waals surface area contributed by atoms with Gasteiger partial charge in [-0.05, 0) is 56.3 Å². The summed E-state index contributed by atoms with van der Waals surface area (Å²) in [7, 11) is 0. The number of amides is 1. The number of anilines is 1. The van der Waals surface area contributed by atoms with E-state index in [0.29, 0.717) is 16.5 Å². The Labute approximate surface area is 166 Å². The lowest BCUT2D eigenvalue weighted by atomic mass is 10.2. The van der Waals surface area contributed by atoms with Gasteiger partial charge in [0.2, 0.25) is 0 Å². The van der Waals surface area contributed by atoms with Gasteiger partial charge in [0.15, 0.2) is 6.10 Å². The highest BCUT2D eigenvalue weighted by Gasteiger charge is 2.24. The van der Waals surface area contributed by atoms with Gasteiger partial charge in [-0.15, -0.1) is 11.3 Å². The fraction of sp³-hybridized carbons (Fsp3) is 0.200. The van der Waals surface area contributed by atoms with E-state index in [1.54, 1.807) is 48.2 Å². The van der Waals surface area contributed by atoms with Crippen LogP contribution in [0, 0.1) is 12.7 Å². The zero-order valence-electron chi connectivity index (χ0n) is 14.9. The lowest BCUT2D eigenvalue weighted by molar-refractivity contribution is -0.124. The van der Waals surface area contributed by atoms with E-state index in [-0.39, 0.29) is 18.3 Å². The summed E-state index contributed by atoms with van der Waals surface area (Å²) in [5, 5.41) is 3.35. The van der Waals surface area contributed by atoms with Crippen LogP contribution in [0.15, 0.2) is 53.9 Å². The van der Waals surface area contributed by atoms with Crippen LogP contribution in [0.25, 0.3) is 0 Å². The van der Waals surface area contributed by atoms with Gasteiger partial charge >= 0.3 is 0 Å². The molecule has 0 aliphatic heterocycles. The zero-order chi connectivity index (χ0) is 19.4. The maximum Gasteiger partial charge on any atom is 0.268 e. The van der Waals surface area contributed by atoms with Crippen LogP contribution in [-0.2, 0) is 11.3 Å². The second-order valence-electron chi connectivity index (χ2n) is 5.98.